The lowest BCUT2D eigenvalue weighted by Gasteiger charge is -2.11. The summed E-state index contributed by atoms with van der Waals surface area (Å²) in [5, 5.41) is 2.69. The van der Waals surface area contributed by atoms with Gasteiger partial charge in [-0.05, 0) is 37.1 Å². The fraction of sp³-hybridized carbons (Fsp3) is 0.286. The zero-order valence-electron chi connectivity index (χ0n) is 15.2. The predicted molar refractivity (Wildman–Crippen MR) is 102 cm³/mol. The van der Waals surface area contributed by atoms with Crippen LogP contribution in [0.4, 0.5) is 4.79 Å². The SMILES string of the molecule is CCOc1ccc(C=CCNC(=O)OCc2ccccc2)cc1OCC. The van der Waals surface area contributed by atoms with E-state index in [0.717, 1.165) is 16.9 Å². The van der Waals surface area contributed by atoms with Gasteiger partial charge in [-0.1, -0.05) is 48.6 Å². The molecule has 0 aliphatic heterocycles. The Morgan fingerprint density at radius 2 is 1.73 bits per heavy atom. The van der Waals surface area contributed by atoms with E-state index in [1.165, 1.54) is 0 Å². The van der Waals surface area contributed by atoms with Gasteiger partial charge >= 0.3 is 6.09 Å². The molecule has 0 aliphatic rings. The molecule has 0 atom stereocenters. The van der Waals surface area contributed by atoms with Crippen LogP contribution in [0.5, 0.6) is 11.5 Å². The highest BCUT2D eigenvalue weighted by molar-refractivity contribution is 5.67. The van der Waals surface area contributed by atoms with Crippen LogP contribution in [0.1, 0.15) is 25.0 Å². The van der Waals surface area contributed by atoms with Gasteiger partial charge < -0.3 is 19.5 Å². The van der Waals surface area contributed by atoms with E-state index in [0.29, 0.717) is 25.5 Å². The summed E-state index contributed by atoms with van der Waals surface area (Å²) in [6.45, 7) is 5.67. The third-order valence-electron chi connectivity index (χ3n) is 3.45. The molecule has 2 aromatic carbocycles. The molecule has 0 radical (unpaired) electrons. The standard InChI is InChI=1S/C21H25NO4/c1-3-24-19-13-12-17(15-20(19)25-4-2)11-8-14-22-21(23)26-16-18-9-6-5-7-10-18/h5-13,15H,3-4,14,16H2,1-2H3,(H,22,23). The number of rotatable bonds is 9. The van der Waals surface area contributed by atoms with Crippen LogP contribution in [-0.4, -0.2) is 25.9 Å². The largest absolute Gasteiger partial charge is 0.490 e. The maximum Gasteiger partial charge on any atom is 0.407 e. The van der Waals surface area contributed by atoms with E-state index in [-0.39, 0.29) is 6.61 Å². The molecule has 138 valence electrons. The molecular formula is C21H25NO4. The molecular weight excluding hydrogens is 330 g/mol. The normalized spacial score (nSPS) is 10.5. The van der Waals surface area contributed by atoms with Gasteiger partial charge in [-0.25, -0.2) is 4.79 Å². The molecule has 0 aromatic heterocycles. The molecule has 0 fully saturated rings. The fourth-order valence-electron chi connectivity index (χ4n) is 2.28. The lowest BCUT2D eigenvalue weighted by molar-refractivity contribution is 0.141. The number of alkyl carbamates (subject to hydrolysis) is 1. The first-order chi connectivity index (χ1) is 12.7. The molecule has 0 heterocycles. The van der Waals surface area contributed by atoms with E-state index < -0.39 is 6.09 Å². The number of benzene rings is 2. The quantitative estimate of drug-likeness (QED) is 0.723. The Morgan fingerprint density at radius 3 is 2.46 bits per heavy atom. The van der Waals surface area contributed by atoms with Crippen molar-refractivity contribution in [3.05, 3.63) is 65.7 Å². The van der Waals surface area contributed by atoms with Crippen molar-refractivity contribution < 1.29 is 19.0 Å². The van der Waals surface area contributed by atoms with Crippen molar-refractivity contribution in [2.45, 2.75) is 20.5 Å². The molecule has 1 N–H and O–H groups in total. The van der Waals surface area contributed by atoms with Gasteiger partial charge in [-0.2, -0.15) is 0 Å². The summed E-state index contributed by atoms with van der Waals surface area (Å²) >= 11 is 0. The Morgan fingerprint density at radius 1 is 1.00 bits per heavy atom. The van der Waals surface area contributed by atoms with Crippen LogP contribution in [0.2, 0.25) is 0 Å². The van der Waals surface area contributed by atoms with Crippen LogP contribution in [-0.2, 0) is 11.3 Å². The smallest absolute Gasteiger partial charge is 0.407 e. The van der Waals surface area contributed by atoms with Gasteiger partial charge in [-0.3, -0.25) is 0 Å². The van der Waals surface area contributed by atoms with Gasteiger partial charge in [0.2, 0.25) is 0 Å². The highest BCUT2D eigenvalue weighted by atomic mass is 16.5. The molecule has 5 heteroatoms. The summed E-state index contributed by atoms with van der Waals surface area (Å²) in [4.78, 5) is 11.7. The van der Waals surface area contributed by atoms with Crippen molar-refractivity contribution in [1.82, 2.24) is 5.32 Å². The minimum Gasteiger partial charge on any atom is -0.490 e. The monoisotopic (exact) mass is 355 g/mol. The second-order valence-corrected chi connectivity index (χ2v) is 5.42. The van der Waals surface area contributed by atoms with Crippen molar-refractivity contribution in [2.75, 3.05) is 19.8 Å². The van der Waals surface area contributed by atoms with Gasteiger partial charge in [0.25, 0.3) is 0 Å². The minimum atomic E-state index is -0.444. The van der Waals surface area contributed by atoms with Gasteiger partial charge in [0, 0.05) is 6.54 Å². The topological polar surface area (TPSA) is 56.8 Å². The van der Waals surface area contributed by atoms with Crippen molar-refractivity contribution in [2.24, 2.45) is 0 Å². The number of amides is 1. The van der Waals surface area contributed by atoms with E-state index in [9.17, 15) is 4.79 Å². The zero-order chi connectivity index (χ0) is 18.6. The summed E-state index contributed by atoms with van der Waals surface area (Å²) in [7, 11) is 0. The lowest BCUT2D eigenvalue weighted by Crippen LogP contribution is -2.24. The van der Waals surface area contributed by atoms with Crippen LogP contribution in [0.3, 0.4) is 0 Å². The zero-order valence-corrected chi connectivity index (χ0v) is 15.2. The fourth-order valence-corrected chi connectivity index (χ4v) is 2.28. The highest BCUT2D eigenvalue weighted by Crippen LogP contribution is 2.28. The minimum absolute atomic E-state index is 0.257. The van der Waals surface area contributed by atoms with Crippen molar-refractivity contribution in [1.29, 1.82) is 0 Å². The number of carbonyl (C=O) groups excluding carboxylic acids is 1. The highest BCUT2D eigenvalue weighted by Gasteiger charge is 2.05. The van der Waals surface area contributed by atoms with Crippen molar-refractivity contribution in [3.8, 4) is 11.5 Å². The van der Waals surface area contributed by atoms with Crippen molar-refractivity contribution >= 4 is 12.2 Å². The number of nitrogens with one attached hydrogen (secondary N) is 1. The second-order valence-electron chi connectivity index (χ2n) is 5.42. The Bertz CT molecular complexity index is 713. The van der Waals surface area contributed by atoms with Gasteiger partial charge in [0.15, 0.2) is 11.5 Å². The molecule has 26 heavy (non-hydrogen) atoms. The molecule has 0 saturated carbocycles. The molecule has 2 aromatic rings. The average molecular weight is 355 g/mol. The van der Waals surface area contributed by atoms with Crippen LogP contribution in [0.15, 0.2) is 54.6 Å². The molecule has 1 amide bonds. The third-order valence-corrected chi connectivity index (χ3v) is 3.45. The molecule has 0 aliphatic carbocycles. The van der Waals surface area contributed by atoms with E-state index in [4.69, 9.17) is 14.2 Å². The third kappa shape index (κ3) is 6.51. The van der Waals surface area contributed by atoms with Crippen LogP contribution >= 0.6 is 0 Å². The van der Waals surface area contributed by atoms with Gasteiger partial charge in [0.1, 0.15) is 6.61 Å². The van der Waals surface area contributed by atoms with Crippen molar-refractivity contribution in [3.63, 3.8) is 0 Å². The molecule has 0 spiro atoms. The molecule has 2 rings (SSSR count). The van der Waals surface area contributed by atoms with Crippen LogP contribution in [0.25, 0.3) is 6.08 Å². The molecule has 0 saturated heterocycles. The Balaban J connectivity index is 1.80. The second kappa shape index (κ2) is 10.8. The molecule has 0 unspecified atom stereocenters. The predicted octanol–water partition coefficient (Wildman–Crippen LogP) is 4.42. The van der Waals surface area contributed by atoms with E-state index in [1.54, 1.807) is 0 Å². The first-order valence-electron chi connectivity index (χ1n) is 8.73. The average Bonchev–Trinajstić information content (AvgIpc) is 2.66. The molecule has 0 bridgehead atoms. The Kier molecular flexibility index (Phi) is 8.06. The summed E-state index contributed by atoms with van der Waals surface area (Å²) in [5.74, 6) is 1.45. The van der Waals surface area contributed by atoms with E-state index in [2.05, 4.69) is 5.32 Å². The number of carbonyl (C=O) groups is 1. The maximum absolute atomic E-state index is 11.7. The van der Waals surface area contributed by atoms with Crippen LogP contribution < -0.4 is 14.8 Å². The number of ether oxygens (including phenoxy) is 3. The molecule has 5 nitrogen and oxygen atoms in total. The van der Waals surface area contributed by atoms with E-state index in [1.807, 2.05) is 74.5 Å². The maximum atomic E-state index is 11.7. The summed E-state index contributed by atoms with van der Waals surface area (Å²) < 4.78 is 16.3. The van der Waals surface area contributed by atoms with E-state index >= 15 is 0 Å². The number of hydrogen-bond acceptors (Lipinski definition) is 4. The summed E-state index contributed by atoms with van der Waals surface area (Å²) in [6, 6.07) is 15.3. The summed E-state index contributed by atoms with van der Waals surface area (Å²) in [6.07, 6.45) is 3.32. The summed E-state index contributed by atoms with van der Waals surface area (Å²) in [5.41, 5.74) is 1.92. The van der Waals surface area contributed by atoms with Gasteiger partial charge in [-0.15, -0.1) is 0 Å². The van der Waals surface area contributed by atoms with Crippen LogP contribution in [0, 0.1) is 0 Å². The Labute approximate surface area is 154 Å². The first kappa shape index (κ1) is 19.4. The number of hydrogen-bond donors (Lipinski definition) is 1. The first-order valence-corrected chi connectivity index (χ1v) is 8.73. The lowest BCUT2D eigenvalue weighted by atomic mass is 10.2. The Hall–Kier alpha value is -2.95. The van der Waals surface area contributed by atoms with Gasteiger partial charge in [0.05, 0.1) is 13.2 Å².